The fourth-order valence-electron chi connectivity index (χ4n) is 1.43. The number of nitrogens with zero attached hydrogens (tertiary/aromatic N) is 1. The van der Waals surface area contributed by atoms with Crippen molar-refractivity contribution < 1.29 is 9.84 Å². The van der Waals surface area contributed by atoms with Crippen molar-refractivity contribution in [3.63, 3.8) is 0 Å². The first-order valence-electron chi connectivity index (χ1n) is 4.38. The van der Waals surface area contributed by atoms with Crippen LogP contribution in [0.1, 0.15) is 21.5 Å². The molecule has 4 heteroatoms. The van der Waals surface area contributed by atoms with Crippen molar-refractivity contribution in [1.82, 2.24) is 4.98 Å². The lowest BCUT2D eigenvalue weighted by Gasteiger charge is -2.07. The van der Waals surface area contributed by atoms with E-state index in [1.54, 1.807) is 11.3 Å². The molecule has 0 bridgehead atoms. The van der Waals surface area contributed by atoms with E-state index in [1.165, 1.54) is 4.88 Å². The number of thiazole rings is 1. The third-order valence-corrected chi connectivity index (χ3v) is 3.62. The summed E-state index contributed by atoms with van der Waals surface area (Å²) in [5, 5.41) is 10.6. The quantitative estimate of drug-likeness (QED) is 0.740. The fraction of sp³-hybridized carbons (Fsp3) is 0.667. The monoisotopic (exact) mass is 199 g/mol. The molecule has 1 aliphatic rings. The minimum Gasteiger partial charge on any atom is -0.390 e. The maximum atomic E-state index is 9.58. The molecular weight excluding hydrogens is 186 g/mol. The van der Waals surface area contributed by atoms with Gasteiger partial charge in [0.2, 0.25) is 0 Å². The van der Waals surface area contributed by atoms with Crippen molar-refractivity contribution in [2.45, 2.75) is 25.9 Å². The van der Waals surface area contributed by atoms with Gasteiger partial charge in [0.15, 0.2) is 0 Å². The second-order valence-corrected chi connectivity index (χ2v) is 4.64. The van der Waals surface area contributed by atoms with Gasteiger partial charge in [-0.25, -0.2) is 4.98 Å². The lowest BCUT2D eigenvalue weighted by atomic mass is 10.1. The first-order chi connectivity index (χ1) is 6.18. The van der Waals surface area contributed by atoms with Crippen LogP contribution in [0.3, 0.4) is 0 Å². The van der Waals surface area contributed by atoms with Gasteiger partial charge in [0, 0.05) is 4.88 Å². The van der Waals surface area contributed by atoms with Crippen LogP contribution in [0.5, 0.6) is 0 Å². The summed E-state index contributed by atoms with van der Waals surface area (Å²) in [6.45, 7) is 5.10. The first-order valence-corrected chi connectivity index (χ1v) is 5.20. The Morgan fingerprint density at radius 3 is 2.69 bits per heavy atom. The number of hydrogen-bond donors (Lipinski definition) is 1. The first kappa shape index (κ1) is 9.12. The number of aliphatic hydroxyl groups is 1. The molecule has 0 radical (unpaired) electrons. The Morgan fingerprint density at radius 1 is 1.46 bits per heavy atom. The highest BCUT2D eigenvalue weighted by molar-refractivity contribution is 7.11. The van der Waals surface area contributed by atoms with Crippen molar-refractivity contribution in [3.05, 3.63) is 15.6 Å². The molecule has 0 spiro atoms. The second-order valence-electron chi connectivity index (χ2n) is 3.40. The van der Waals surface area contributed by atoms with E-state index in [2.05, 4.69) is 11.9 Å². The molecule has 2 rings (SSSR count). The van der Waals surface area contributed by atoms with Gasteiger partial charge in [-0.1, -0.05) is 0 Å². The molecule has 13 heavy (non-hydrogen) atoms. The second kappa shape index (κ2) is 3.36. The van der Waals surface area contributed by atoms with Crippen molar-refractivity contribution in [1.29, 1.82) is 0 Å². The van der Waals surface area contributed by atoms with Crippen LogP contribution >= 0.6 is 11.3 Å². The zero-order valence-electron chi connectivity index (χ0n) is 7.78. The Bertz CT molecular complexity index is 291. The predicted octanol–water partition coefficient (Wildman–Crippen LogP) is 1.23. The summed E-state index contributed by atoms with van der Waals surface area (Å²) in [6, 6.07) is 0. The lowest BCUT2D eigenvalue weighted by molar-refractivity contribution is 0.124. The van der Waals surface area contributed by atoms with Crippen molar-refractivity contribution in [2.24, 2.45) is 0 Å². The van der Waals surface area contributed by atoms with Crippen molar-refractivity contribution in [3.8, 4) is 0 Å². The van der Waals surface area contributed by atoms with Crippen LogP contribution in [-0.2, 0) is 4.74 Å². The van der Waals surface area contributed by atoms with Crippen LogP contribution < -0.4 is 0 Å². The van der Waals surface area contributed by atoms with Crippen LogP contribution in [0.2, 0.25) is 0 Å². The molecule has 72 valence electrons. The van der Waals surface area contributed by atoms with Crippen LogP contribution in [0.15, 0.2) is 0 Å². The van der Waals surface area contributed by atoms with E-state index in [-0.39, 0.29) is 12.0 Å². The summed E-state index contributed by atoms with van der Waals surface area (Å²) in [6.07, 6.45) is -0.370. The van der Waals surface area contributed by atoms with Gasteiger partial charge in [-0.15, -0.1) is 11.3 Å². The summed E-state index contributed by atoms with van der Waals surface area (Å²) in [5.74, 6) is 0.0948. The minimum atomic E-state index is -0.370. The van der Waals surface area contributed by atoms with Gasteiger partial charge in [-0.05, 0) is 13.8 Å². The molecular formula is C9H13NO2S. The van der Waals surface area contributed by atoms with Gasteiger partial charge in [0.1, 0.15) is 5.01 Å². The van der Waals surface area contributed by atoms with E-state index in [9.17, 15) is 5.11 Å². The molecule has 0 aromatic carbocycles. The summed E-state index contributed by atoms with van der Waals surface area (Å²) in [4.78, 5) is 5.65. The Labute approximate surface area is 81.4 Å². The topological polar surface area (TPSA) is 42.4 Å². The van der Waals surface area contributed by atoms with E-state index < -0.39 is 0 Å². The van der Waals surface area contributed by atoms with E-state index >= 15 is 0 Å². The number of hydrogen-bond acceptors (Lipinski definition) is 4. The predicted molar refractivity (Wildman–Crippen MR) is 51.2 cm³/mol. The molecule has 2 heterocycles. The Kier molecular flexibility index (Phi) is 2.36. The highest BCUT2D eigenvalue weighted by atomic mass is 32.1. The maximum absolute atomic E-state index is 9.58. The van der Waals surface area contributed by atoms with Crippen LogP contribution in [-0.4, -0.2) is 29.4 Å². The molecule has 2 atom stereocenters. The Balaban J connectivity index is 2.24. The van der Waals surface area contributed by atoms with Gasteiger partial charge in [-0.3, -0.25) is 0 Å². The molecule has 1 aromatic heterocycles. The summed E-state index contributed by atoms with van der Waals surface area (Å²) >= 11 is 1.66. The highest BCUT2D eigenvalue weighted by Crippen LogP contribution is 2.30. The number of ether oxygens (including phenoxy) is 1. The lowest BCUT2D eigenvalue weighted by Crippen LogP contribution is -2.15. The van der Waals surface area contributed by atoms with Gasteiger partial charge >= 0.3 is 0 Å². The molecule has 1 saturated heterocycles. The van der Waals surface area contributed by atoms with Crippen LogP contribution in [0, 0.1) is 13.8 Å². The number of aliphatic hydroxyl groups excluding tert-OH is 1. The Morgan fingerprint density at radius 2 is 2.23 bits per heavy atom. The number of rotatable bonds is 1. The summed E-state index contributed by atoms with van der Waals surface area (Å²) < 4.78 is 5.19. The van der Waals surface area contributed by atoms with Crippen LogP contribution in [0.4, 0.5) is 0 Å². The zero-order valence-corrected chi connectivity index (χ0v) is 8.60. The maximum Gasteiger partial charge on any atom is 0.101 e. The van der Waals surface area contributed by atoms with Crippen molar-refractivity contribution >= 4 is 11.3 Å². The van der Waals surface area contributed by atoms with Gasteiger partial charge in [-0.2, -0.15) is 0 Å². The highest BCUT2D eigenvalue weighted by Gasteiger charge is 2.30. The molecule has 1 aliphatic heterocycles. The standard InChI is InChI=1S/C9H13NO2S/c1-5-6(2)13-9(10-5)7-3-12-4-8(7)11/h7-8,11H,3-4H2,1-2H3/t7-,8-/m1/s1. The molecule has 1 aromatic rings. The molecule has 1 N–H and O–H groups in total. The van der Waals surface area contributed by atoms with E-state index in [1.807, 2.05) is 6.92 Å². The third kappa shape index (κ3) is 1.61. The fourth-order valence-corrected chi connectivity index (χ4v) is 2.50. The van der Waals surface area contributed by atoms with Gasteiger partial charge in [0.05, 0.1) is 30.9 Å². The van der Waals surface area contributed by atoms with Gasteiger partial charge < -0.3 is 9.84 Å². The summed E-state index contributed by atoms with van der Waals surface area (Å²) in [7, 11) is 0. The number of aryl methyl sites for hydroxylation is 2. The normalized spacial score (nSPS) is 28.2. The minimum absolute atomic E-state index is 0.0948. The zero-order chi connectivity index (χ0) is 9.42. The largest absolute Gasteiger partial charge is 0.390 e. The van der Waals surface area contributed by atoms with Crippen molar-refractivity contribution in [2.75, 3.05) is 13.2 Å². The van der Waals surface area contributed by atoms with E-state index in [4.69, 9.17) is 4.74 Å². The third-order valence-electron chi connectivity index (χ3n) is 2.41. The smallest absolute Gasteiger partial charge is 0.101 e. The SMILES string of the molecule is Cc1nc([C@@H]2COC[C@H]2O)sc1C. The van der Waals surface area contributed by atoms with Gasteiger partial charge in [0.25, 0.3) is 0 Å². The average molecular weight is 199 g/mol. The molecule has 0 saturated carbocycles. The summed E-state index contributed by atoms with van der Waals surface area (Å²) in [5.41, 5.74) is 1.07. The molecule has 3 nitrogen and oxygen atoms in total. The molecule has 0 aliphatic carbocycles. The molecule has 0 unspecified atom stereocenters. The van der Waals surface area contributed by atoms with Crippen LogP contribution in [0.25, 0.3) is 0 Å². The van der Waals surface area contributed by atoms with E-state index in [0.717, 1.165) is 10.7 Å². The molecule has 0 amide bonds. The Hall–Kier alpha value is -0.450. The van der Waals surface area contributed by atoms with E-state index in [0.29, 0.717) is 13.2 Å². The average Bonchev–Trinajstić information content (AvgIpc) is 2.60. The molecule has 1 fully saturated rings. The number of aromatic nitrogens is 1.